The molecule has 3 heteroatoms. The van der Waals surface area contributed by atoms with E-state index in [0.29, 0.717) is 5.92 Å². The SMILES string of the molecule is CC(C)(C)NCC(Cc1ccoc1)Cc1cccc(F)c1. The summed E-state index contributed by atoms with van der Waals surface area (Å²) < 4.78 is 18.5. The molecule has 1 N–H and O–H groups in total. The Morgan fingerprint density at radius 1 is 1.14 bits per heavy atom. The molecular weight excluding hydrogens is 265 g/mol. The van der Waals surface area contributed by atoms with Crippen LogP contribution in [0.2, 0.25) is 0 Å². The Labute approximate surface area is 126 Å². The molecule has 1 aromatic heterocycles. The van der Waals surface area contributed by atoms with E-state index in [-0.39, 0.29) is 11.4 Å². The lowest BCUT2D eigenvalue weighted by Crippen LogP contribution is -2.40. The van der Waals surface area contributed by atoms with Gasteiger partial charge in [-0.05, 0) is 75.4 Å². The largest absolute Gasteiger partial charge is 0.472 e. The fourth-order valence-electron chi connectivity index (χ4n) is 2.41. The van der Waals surface area contributed by atoms with Crippen molar-refractivity contribution in [2.75, 3.05) is 6.54 Å². The fraction of sp³-hybridized carbons (Fsp3) is 0.444. The first kappa shape index (κ1) is 15.8. The number of hydrogen-bond donors (Lipinski definition) is 1. The van der Waals surface area contributed by atoms with Crippen LogP contribution >= 0.6 is 0 Å². The first-order chi connectivity index (χ1) is 9.92. The second kappa shape index (κ2) is 6.90. The summed E-state index contributed by atoms with van der Waals surface area (Å²) in [6.45, 7) is 7.36. The molecule has 0 radical (unpaired) electrons. The van der Waals surface area contributed by atoms with Gasteiger partial charge >= 0.3 is 0 Å². The average Bonchev–Trinajstić information content (AvgIpc) is 2.88. The van der Waals surface area contributed by atoms with Gasteiger partial charge in [-0.2, -0.15) is 0 Å². The van der Waals surface area contributed by atoms with E-state index in [1.807, 2.05) is 12.1 Å². The second-order valence-electron chi connectivity index (χ2n) is 6.67. The highest BCUT2D eigenvalue weighted by molar-refractivity contribution is 5.18. The summed E-state index contributed by atoms with van der Waals surface area (Å²) in [7, 11) is 0. The molecule has 0 aliphatic carbocycles. The quantitative estimate of drug-likeness (QED) is 0.862. The topological polar surface area (TPSA) is 25.2 Å². The molecule has 0 amide bonds. The minimum atomic E-state index is -0.168. The maximum Gasteiger partial charge on any atom is 0.123 e. The molecule has 0 aliphatic rings. The van der Waals surface area contributed by atoms with Crippen molar-refractivity contribution in [1.29, 1.82) is 0 Å². The predicted octanol–water partition coefficient (Wildman–Crippen LogP) is 4.21. The summed E-state index contributed by atoms with van der Waals surface area (Å²) in [6, 6.07) is 8.87. The third-order valence-electron chi connectivity index (χ3n) is 3.44. The third kappa shape index (κ3) is 5.72. The Bertz CT molecular complexity index is 543. The van der Waals surface area contributed by atoms with E-state index in [1.54, 1.807) is 24.7 Å². The highest BCUT2D eigenvalue weighted by Crippen LogP contribution is 2.16. The molecule has 0 bridgehead atoms. The van der Waals surface area contributed by atoms with E-state index in [0.717, 1.165) is 24.9 Å². The lowest BCUT2D eigenvalue weighted by Gasteiger charge is -2.25. The van der Waals surface area contributed by atoms with Crippen molar-refractivity contribution in [2.45, 2.75) is 39.2 Å². The molecule has 0 fully saturated rings. The van der Waals surface area contributed by atoms with E-state index in [4.69, 9.17) is 4.42 Å². The van der Waals surface area contributed by atoms with Crippen LogP contribution in [0.4, 0.5) is 4.39 Å². The van der Waals surface area contributed by atoms with Crippen molar-refractivity contribution in [2.24, 2.45) is 5.92 Å². The molecule has 0 saturated heterocycles. The smallest absolute Gasteiger partial charge is 0.123 e. The summed E-state index contributed by atoms with van der Waals surface area (Å²) in [5.41, 5.74) is 2.31. The van der Waals surface area contributed by atoms with Crippen LogP contribution in [0.1, 0.15) is 31.9 Å². The van der Waals surface area contributed by atoms with Gasteiger partial charge in [0.2, 0.25) is 0 Å². The lowest BCUT2D eigenvalue weighted by molar-refractivity contribution is 0.366. The molecule has 2 rings (SSSR count). The lowest BCUT2D eigenvalue weighted by atomic mass is 9.92. The molecule has 0 saturated carbocycles. The summed E-state index contributed by atoms with van der Waals surface area (Å²) in [5.74, 6) is 0.238. The van der Waals surface area contributed by atoms with Gasteiger partial charge in [-0.15, -0.1) is 0 Å². The van der Waals surface area contributed by atoms with Gasteiger partial charge in [0.05, 0.1) is 12.5 Å². The van der Waals surface area contributed by atoms with Crippen molar-refractivity contribution >= 4 is 0 Å². The van der Waals surface area contributed by atoms with Crippen LogP contribution in [0.5, 0.6) is 0 Å². The van der Waals surface area contributed by atoms with Crippen LogP contribution < -0.4 is 5.32 Å². The van der Waals surface area contributed by atoms with Crippen LogP contribution in [-0.4, -0.2) is 12.1 Å². The van der Waals surface area contributed by atoms with E-state index in [2.05, 4.69) is 26.1 Å². The minimum Gasteiger partial charge on any atom is -0.472 e. The number of furan rings is 1. The number of halogens is 1. The van der Waals surface area contributed by atoms with Crippen LogP contribution in [0.3, 0.4) is 0 Å². The highest BCUT2D eigenvalue weighted by Gasteiger charge is 2.16. The molecule has 0 aliphatic heterocycles. The maximum atomic E-state index is 13.3. The average molecular weight is 289 g/mol. The number of rotatable bonds is 6. The van der Waals surface area contributed by atoms with Gasteiger partial charge in [-0.25, -0.2) is 4.39 Å². The van der Waals surface area contributed by atoms with Gasteiger partial charge in [0.25, 0.3) is 0 Å². The van der Waals surface area contributed by atoms with Gasteiger partial charge in [0, 0.05) is 5.54 Å². The zero-order valence-corrected chi connectivity index (χ0v) is 13.0. The number of nitrogens with one attached hydrogen (secondary N) is 1. The van der Waals surface area contributed by atoms with Crippen LogP contribution in [0.15, 0.2) is 47.3 Å². The van der Waals surface area contributed by atoms with Crippen molar-refractivity contribution in [3.05, 3.63) is 59.8 Å². The summed E-state index contributed by atoms with van der Waals surface area (Å²) >= 11 is 0. The van der Waals surface area contributed by atoms with E-state index in [1.165, 1.54) is 11.6 Å². The van der Waals surface area contributed by atoms with Crippen molar-refractivity contribution < 1.29 is 8.81 Å². The van der Waals surface area contributed by atoms with E-state index < -0.39 is 0 Å². The predicted molar refractivity (Wildman–Crippen MR) is 83.8 cm³/mol. The van der Waals surface area contributed by atoms with Crippen LogP contribution in [0, 0.1) is 11.7 Å². The van der Waals surface area contributed by atoms with Crippen LogP contribution in [-0.2, 0) is 12.8 Å². The Morgan fingerprint density at radius 2 is 1.90 bits per heavy atom. The first-order valence-electron chi connectivity index (χ1n) is 7.43. The maximum absolute atomic E-state index is 13.3. The second-order valence-corrected chi connectivity index (χ2v) is 6.67. The van der Waals surface area contributed by atoms with E-state index >= 15 is 0 Å². The Balaban J connectivity index is 2.03. The third-order valence-corrected chi connectivity index (χ3v) is 3.44. The summed E-state index contributed by atoms with van der Waals surface area (Å²) in [5, 5.41) is 3.54. The van der Waals surface area contributed by atoms with Gasteiger partial charge in [-0.3, -0.25) is 0 Å². The Morgan fingerprint density at radius 3 is 2.52 bits per heavy atom. The molecule has 0 spiro atoms. The molecule has 114 valence electrons. The molecule has 1 atom stereocenters. The van der Waals surface area contributed by atoms with Gasteiger partial charge in [0.15, 0.2) is 0 Å². The number of benzene rings is 1. The summed E-state index contributed by atoms with van der Waals surface area (Å²) in [6.07, 6.45) is 5.27. The Kier molecular flexibility index (Phi) is 5.18. The molecule has 1 heterocycles. The normalized spacial score (nSPS) is 13.3. The minimum absolute atomic E-state index is 0.0799. The highest BCUT2D eigenvalue weighted by atomic mass is 19.1. The molecular formula is C18H24FNO. The van der Waals surface area contributed by atoms with Crippen molar-refractivity contribution in [3.63, 3.8) is 0 Å². The zero-order chi connectivity index (χ0) is 15.3. The molecule has 1 unspecified atom stereocenters. The van der Waals surface area contributed by atoms with Crippen molar-refractivity contribution in [3.8, 4) is 0 Å². The fourth-order valence-corrected chi connectivity index (χ4v) is 2.41. The standard InChI is InChI=1S/C18H24FNO/c1-18(2,3)20-12-16(10-15-7-8-21-13-15)9-14-5-4-6-17(19)11-14/h4-8,11,13,16,20H,9-10,12H2,1-3H3. The van der Waals surface area contributed by atoms with E-state index in [9.17, 15) is 4.39 Å². The Hall–Kier alpha value is -1.61. The number of hydrogen-bond acceptors (Lipinski definition) is 2. The first-order valence-corrected chi connectivity index (χ1v) is 7.43. The van der Waals surface area contributed by atoms with Crippen LogP contribution in [0.25, 0.3) is 0 Å². The van der Waals surface area contributed by atoms with Crippen molar-refractivity contribution in [1.82, 2.24) is 5.32 Å². The molecule has 21 heavy (non-hydrogen) atoms. The molecule has 2 aromatic rings. The molecule has 2 nitrogen and oxygen atoms in total. The molecule has 1 aromatic carbocycles. The van der Waals surface area contributed by atoms with Gasteiger partial charge in [0.1, 0.15) is 5.82 Å². The van der Waals surface area contributed by atoms with Gasteiger partial charge in [-0.1, -0.05) is 12.1 Å². The zero-order valence-electron chi connectivity index (χ0n) is 13.0. The monoisotopic (exact) mass is 289 g/mol. The van der Waals surface area contributed by atoms with Gasteiger partial charge < -0.3 is 9.73 Å². The summed E-state index contributed by atoms with van der Waals surface area (Å²) in [4.78, 5) is 0.